The zero-order valence-electron chi connectivity index (χ0n) is 25.5. The summed E-state index contributed by atoms with van der Waals surface area (Å²) in [6.07, 6.45) is 3.75. The molecule has 0 spiro atoms. The van der Waals surface area contributed by atoms with Crippen molar-refractivity contribution in [2.75, 3.05) is 6.61 Å². The van der Waals surface area contributed by atoms with Crippen LogP contribution in [-0.4, -0.2) is 47.1 Å². The molecule has 0 aromatic heterocycles. The van der Waals surface area contributed by atoms with Gasteiger partial charge < -0.3 is 31.2 Å². The summed E-state index contributed by atoms with van der Waals surface area (Å²) in [5.74, 6) is -0.226. The fraction of sp³-hybridized carbons (Fsp3) is 0.400. The molecule has 3 aromatic rings. The van der Waals surface area contributed by atoms with Gasteiger partial charge in [-0.15, -0.1) is 0 Å². The van der Waals surface area contributed by atoms with Crippen LogP contribution >= 0.6 is 0 Å². The van der Waals surface area contributed by atoms with Crippen molar-refractivity contribution in [3.8, 4) is 11.5 Å². The second-order valence-corrected chi connectivity index (χ2v) is 14.2. The van der Waals surface area contributed by atoms with Crippen molar-refractivity contribution in [1.29, 1.82) is 0 Å². The minimum absolute atomic E-state index is 0.00907. The number of aliphatic hydroxyl groups excluding tert-OH is 1. The standard InChI is InChI=1S/C35H41N3O7S/c36-35(37)38-34-24-8-6-22(7-9-24)32-25-18-26(33(23-10-12-27(40)13-11-23)44-29(19-25)2-1-17-39)20-30(32)31(46(41,42)43)16-5-21-3-14-28(45-34)15-4-21/h3-4,6-15,20,25,29-34,39-40H,1-2,5,16-19H2,(H4,36,37,38)(H,41,42,43)/t25-,29+,30-,31+,32+,33-,34+/m0/s1. The number of allylic oxidation sites excluding steroid dienone is 1. The van der Waals surface area contributed by atoms with E-state index in [-0.39, 0.29) is 42.7 Å². The summed E-state index contributed by atoms with van der Waals surface area (Å²) in [4.78, 5) is 4.32. The molecular formula is C35H41N3O7S. The van der Waals surface area contributed by atoms with Crippen LogP contribution in [-0.2, 0) is 21.3 Å². The van der Waals surface area contributed by atoms with E-state index in [1.165, 1.54) is 0 Å². The van der Waals surface area contributed by atoms with E-state index < -0.39 is 33.6 Å². The minimum Gasteiger partial charge on any atom is -0.508 e. The van der Waals surface area contributed by atoms with Crippen molar-refractivity contribution >= 4 is 16.1 Å². The first-order valence-electron chi connectivity index (χ1n) is 15.8. The van der Waals surface area contributed by atoms with Gasteiger partial charge in [0.25, 0.3) is 10.1 Å². The van der Waals surface area contributed by atoms with Crippen molar-refractivity contribution in [2.24, 2.45) is 28.3 Å². The number of phenols is 1. The van der Waals surface area contributed by atoms with E-state index in [4.69, 9.17) is 20.9 Å². The van der Waals surface area contributed by atoms with Crippen LogP contribution in [0.25, 0.3) is 0 Å². The van der Waals surface area contributed by atoms with Gasteiger partial charge in [0, 0.05) is 18.1 Å². The van der Waals surface area contributed by atoms with Crippen LogP contribution in [0.2, 0.25) is 0 Å². The number of benzene rings is 3. The highest BCUT2D eigenvalue weighted by Crippen LogP contribution is 2.52. The van der Waals surface area contributed by atoms with Crippen LogP contribution in [0.1, 0.15) is 72.6 Å². The van der Waals surface area contributed by atoms with E-state index in [9.17, 15) is 23.2 Å². The van der Waals surface area contributed by atoms with Gasteiger partial charge in [-0.05, 0) is 96.9 Å². The molecule has 10 nitrogen and oxygen atoms in total. The Morgan fingerprint density at radius 1 is 0.935 bits per heavy atom. The summed E-state index contributed by atoms with van der Waals surface area (Å²) in [6, 6.07) is 22.0. The molecule has 0 radical (unpaired) electrons. The summed E-state index contributed by atoms with van der Waals surface area (Å²) in [5, 5.41) is 18.6. The fourth-order valence-corrected chi connectivity index (χ4v) is 8.50. The van der Waals surface area contributed by atoms with E-state index in [1.807, 2.05) is 54.6 Å². The maximum absolute atomic E-state index is 13.3. The maximum Gasteiger partial charge on any atom is 0.268 e. The Labute approximate surface area is 269 Å². The Hall–Kier alpha value is -3.90. The Balaban J connectivity index is 1.51. The first-order chi connectivity index (χ1) is 22.1. The number of fused-ring (bicyclic) bond motifs is 2. The lowest BCUT2D eigenvalue weighted by atomic mass is 9.66. The number of aliphatic hydroxyl groups is 1. The molecule has 6 aliphatic rings. The number of aliphatic imine (C=N–C) groups is 1. The topological polar surface area (TPSA) is 178 Å². The highest BCUT2D eigenvalue weighted by Gasteiger charge is 2.46. The molecule has 0 saturated carbocycles. The highest BCUT2D eigenvalue weighted by atomic mass is 32.2. The summed E-state index contributed by atoms with van der Waals surface area (Å²) >= 11 is 0. The molecule has 1 saturated heterocycles. The number of ether oxygens (including phenoxy) is 2. The third kappa shape index (κ3) is 7.07. The molecule has 5 heterocycles. The summed E-state index contributed by atoms with van der Waals surface area (Å²) in [5.41, 5.74) is 15.9. The Morgan fingerprint density at radius 2 is 1.61 bits per heavy atom. The number of nitrogens with zero attached hydrogens (tertiary/aromatic N) is 1. The molecular weight excluding hydrogens is 606 g/mol. The molecule has 46 heavy (non-hydrogen) atoms. The third-order valence-corrected chi connectivity index (χ3v) is 10.8. The Kier molecular flexibility index (Phi) is 9.37. The lowest BCUT2D eigenvalue weighted by Crippen LogP contribution is -2.38. The Morgan fingerprint density at radius 3 is 2.26 bits per heavy atom. The number of guanidine groups is 1. The van der Waals surface area contributed by atoms with Gasteiger partial charge in [0.2, 0.25) is 6.23 Å². The maximum atomic E-state index is 13.3. The van der Waals surface area contributed by atoms with Crippen molar-refractivity contribution in [3.05, 3.63) is 107 Å². The normalized spacial score (nSPS) is 27.7. The van der Waals surface area contributed by atoms with Crippen LogP contribution in [0, 0.1) is 11.8 Å². The molecule has 5 aliphatic heterocycles. The molecule has 6 bridgehead atoms. The van der Waals surface area contributed by atoms with E-state index in [1.54, 1.807) is 24.3 Å². The lowest BCUT2D eigenvalue weighted by molar-refractivity contribution is -0.00268. The van der Waals surface area contributed by atoms with Gasteiger partial charge in [-0.25, -0.2) is 4.99 Å². The van der Waals surface area contributed by atoms with Gasteiger partial charge in [-0.2, -0.15) is 8.42 Å². The smallest absolute Gasteiger partial charge is 0.268 e. The molecule has 244 valence electrons. The molecule has 0 unspecified atom stereocenters. The molecule has 11 heteroatoms. The van der Waals surface area contributed by atoms with Crippen molar-refractivity contribution in [2.45, 2.75) is 68.1 Å². The van der Waals surface area contributed by atoms with Crippen molar-refractivity contribution in [1.82, 2.24) is 0 Å². The van der Waals surface area contributed by atoms with E-state index in [0.717, 1.165) is 27.8 Å². The van der Waals surface area contributed by atoms with Crippen LogP contribution in [0.5, 0.6) is 11.5 Å². The number of hydrogen-bond donors (Lipinski definition) is 5. The number of aromatic hydroxyl groups is 1. The number of aryl methyl sites for hydroxylation is 1. The first kappa shape index (κ1) is 32.1. The lowest BCUT2D eigenvalue weighted by Gasteiger charge is -2.40. The molecule has 9 rings (SSSR count). The average molecular weight is 648 g/mol. The fourth-order valence-electron chi connectivity index (χ4n) is 7.44. The molecule has 0 amide bonds. The van der Waals surface area contributed by atoms with Gasteiger partial charge in [0.05, 0.1) is 11.4 Å². The largest absolute Gasteiger partial charge is 0.508 e. The van der Waals surface area contributed by atoms with Gasteiger partial charge in [0.15, 0.2) is 5.96 Å². The van der Waals surface area contributed by atoms with Crippen LogP contribution < -0.4 is 16.2 Å². The van der Waals surface area contributed by atoms with Crippen molar-refractivity contribution in [3.63, 3.8) is 0 Å². The second kappa shape index (κ2) is 13.4. The second-order valence-electron chi connectivity index (χ2n) is 12.6. The molecule has 1 fully saturated rings. The summed E-state index contributed by atoms with van der Waals surface area (Å²) in [6.45, 7) is 0.0371. The molecule has 7 atom stereocenters. The number of phenolic OH excluding ortho intramolecular Hbond substituents is 1. The van der Waals surface area contributed by atoms with Crippen LogP contribution in [0.15, 0.2) is 89.4 Å². The summed E-state index contributed by atoms with van der Waals surface area (Å²) < 4.78 is 50.3. The number of rotatable bonds is 6. The quantitative estimate of drug-likeness (QED) is 0.108. The predicted molar refractivity (Wildman–Crippen MR) is 175 cm³/mol. The van der Waals surface area contributed by atoms with E-state index >= 15 is 0 Å². The SMILES string of the molecule is NC(N)=N[C@@H]1Oc2ccc(cc2)CC[C@@H](S(=O)(=O)O)[C@@H]2C=C3C[C@@H](C[C@@H](CCCO)O[C@H]3c3ccc(O)cc3)[C@H]2c2ccc1cc2. The molecule has 3 aromatic carbocycles. The molecule has 1 aliphatic carbocycles. The van der Waals surface area contributed by atoms with Gasteiger partial charge in [-0.1, -0.05) is 54.6 Å². The van der Waals surface area contributed by atoms with Gasteiger partial charge in [-0.3, -0.25) is 4.55 Å². The average Bonchev–Trinajstić information content (AvgIpc) is 3.16. The monoisotopic (exact) mass is 647 g/mol. The third-order valence-electron chi connectivity index (χ3n) is 9.51. The number of hydrogen-bond acceptors (Lipinski definition) is 7. The predicted octanol–water partition coefficient (Wildman–Crippen LogP) is 4.89. The van der Waals surface area contributed by atoms with E-state index in [0.29, 0.717) is 37.9 Å². The minimum atomic E-state index is -4.48. The Bertz CT molecular complexity index is 1670. The van der Waals surface area contributed by atoms with Gasteiger partial charge >= 0.3 is 0 Å². The van der Waals surface area contributed by atoms with E-state index in [2.05, 4.69) is 4.99 Å². The zero-order valence-corrected chi connectivity index (χ0v) is 26.3. The zero-order chi connectivity index (χ0) is 32.4. The van der Waals surface area contributed by atoms with Crippen molar-refractivity contribution < 1.29 is 32.7 Å². The number of nitrogens with two attached hydrogens (primary N) is 2. The summed E-state index contributed by atoms with van der Waals surface area (Å²) in [7, 11) is -4.48. The van der Waals surface area contributed by atoms with Crippen LogP contribution in [0.4, 0.5) is 0 Å². The van der Waals surface area contributed by atoms with Gasteiger partial charge in [0.1, 0.15) is 17.6 Å². The first-order valence-corrected chi connectivity index (χ1v) is 17.3. The molecule has 7 N–H and O–H groups in total. The highest BCUT2D eigenvalue weighted by molar-refractivity contribution is 7.86. The van der Waals surface area contributed by atoms with Crippen LogP contribution in [0.3, 0.4) is 0 Å².